The summed E-state index contributed by atoms with van der Waals surface area (Å²) in [7, 11) is 0. The molecule has 0 unspecified atom stereocenters. The van der Waals surface area contributed by atoms with E-state index in [4.69, 9.17) is 0 Å². The Labute approximate surface area is 196 Å². The van der Waals surface area contributed by atoms with E-state index in [0.717, 1.165) is 37.5 Å². The highest BCUT2D eigenvalue weighted by Crippen LogP contribution is 2.29. The maximum atomic E-state index is 13.2. The molecule has 0 bridgehead atoms. The maximum absolute atomic E-state index is 13.2. The number of fused-ring (bicyclic) bond motifs is 1. The van der Waals surface area contributed by atoms with Crippen LogP contribution in [0.25, 0.3) is 10.3 Å². The first-order valence-corrected chi connectivity index (χ1v) is 12.5. The van der Waals surface area contributed by atoms with E-state index in [0.29, 0.717) is 34.9 Å². The SMILES string of the molecule is CCCn1c(=O)c2sc(N3CCC(C)CC3)nc2n(CC(=O)Nc2ccc(CC)cc2)c1=O. The zero-order chi connectivity index (χ0) is 23.5. The predicted octanol–water partition coefficient (Wildman–Crippen LogP) is 3.47. The van der Waals surface area contributed by atoms with Gasteiger partial charge in [-0.25, -0.2) is 9.78 Å². The van der Waals surface area contributed by atoms with Crippen LogP contribution in [0.4, 0.5) is 10.8 Å². The molecule has 3 heterocycles. The van der Waals surface area contributed by atoms with Crippen LogP contribution in [0, 0.1) is 5.92 Å². The number of carbonyl (C=O) groups excluding carboxylic acids is 1. The third kappa shape index (κ3) is 4.88. The van der Waals surface area contributed by atoms with E-state index >= 15 is 0 Å². The van der Waals surface area contributed by atoms with Gasteiger partial charge in [-0.2, -0.15) is 0 Å². The average Bonchev–Trinajstić information content (AvgIpc) is 3.26. The summed E-state index contributed by atoms with van der Waals surface area (Å²) in [5, 5.41) is 3.60. The van der Waals surface area contributed by atoms with Crippen molar-refractivity contribution in [2.45, 2.75) is 59.5 Å². The van der Waals surface area contributed by atoms with E-state index in [9.17, 15) is 14.4 Å². The van der Waals surface area contributed by atoms with E-state index in [-0.39, 0.29) is 18.0 Å². The van der Waals surface area contributed by atoms with E-state index in [1.54, 1.807) is 0 Å². The first-order valence-electron chi connectivity index (χ1n) is 11.7. The van der Waals surface area contributed by atoms with Crippen molar-refractivity contribution in [3.05, 3.63) is 50.7 Å². The minimum Gasteiger partial charge on any atom is -0.348 e. The lowest BCUT2D eigenvalue weighted by Gasteiger charge is -2.29. The molecule has 1 amide bonds. The average molecular weight is 470 g/mol. The highest BCUT2D eigenvalue weighted by molar-refractivity contribution is 7.22. The van der Waals surface area contributed by atoms with Crippen molar-refractivity contribution in [3.63, 3.8) is 0 Å². The molecule has 1 aliphatic rings. The Balaban J connectivity index is 1.69. The Morgan fingerprint density at radius 2 is 1.82 bits per heavy atom. The number of hydrogen-bond donors (Lipinski definition) is 1. The van der Waals surface area contributed by atoms with Gasteiger partial charge < -0.3 is 10.2 Å². The molecule has 176 valence electrons. The van der Waals surface area contributed by atoms with Gasteiger partial charge in [-0.15, -0.1) is 0 Å². The van der Waals surface area contributed by atoms with Crippen LogP contribution >= 0.6 is 11.3 Å². The number of aryl methyl sites for hydroxylation is 1. The van der Waals surface area contributed by atoms with Crippen molar-refractivity contribution in [2.75, 3.05) is 23.3 Å². The van der Waals surface area contributed by atoms with Crippen LogP contribution in [0.1, 0.15) is 45.6 Å². The Morgan fingerprint density at radius 1 is 1.12 bits per heavy atom. The second-order valence-electron chi connectivity index (χ2n) is 8.74. The molecule has 9 heteroatoms. The van der Waals surface area contributed by atoms with Crippen LogP contribution < -0.4 is 21.5 Å². The van der Waals surface area contributed by atoms with Crippen LogP contribution in [0.5, 0.6) is 0 Å². The Morgan fingerprint density at radius 3 is 2.45 bits per heavy atom. The van der Waals surface area contributed by atoms with Crippen molar-refractivity contribution < 1.29 is 4.79 Å². The summed E-state index contributed by atoms with van der Waals surface area (Å²) in [6.07, 6.45) is 3.71. The molecule has 1 N–H and O–H groups in total. The second kappa shape index (κ2) is 9.91. The Kier molecular flexibility index (Phi) is 6.97. The number of thiazole rings is 1. The lowest BCUT2D eigenvalue weighted by atomic mass is 10.00. The number of anilines is 2. The number of aromatic nitrogens is 3. The largest absolute Gasteiger partial charge is 0.348 e. The molecule has 0 radical (unpaired) electrons. The van der Waals surface area contributed by atoms with Crippen molar-refractivity contribution in [2.24, 2.45) is 5.92 Å². The van der Waals surface area contributed by atoms with E-state index in [2.05, 4.69) is 29.0 Å². The minimum absolute atomic E-state index is 0.199. The van der Waals surface area contributed by atoms with Gasteiger partial charge in [0.25, 0.3) is 5.56 Å². The third-order valence-electron chi connectivity index (χ3n) is 6.20. The van der Waals surface area contributed by atoms with Gasteiger partial charge in [0.15, 0.2) is 10.8 Å². The van der Waals surface area contributed by atoms with Crippen LogP contribution in [0.2, 0.25) is 0 Å². The summed E-state index contributed by atoms with van der Waals surface area (Å²) in [5.74, 6) is 0.344. The number of nitrogens with one attached hydrogen (secondary N) is 1. The lowest BCUT2D eigenvalue weighted by molar-refractivity contribution is -0.116. The molecule has 0 spiro atoms. The zero-order valence-corrected chi connectivity index (χ0v) is 20.3. The molecule has 1 saturated heterocycles. The summed E-state index contributed by atoms with van der Waals surface area (Å²) >= 11 is 1.32. The summed E-state index contributed by atoms with van der Waals surface area (Å²) < 4.78 is 3.00. The molecule has 2 aromatic heterocycles. The van der Waals surface area contributed by atoms with Crippen molar-refractivity contribution in [1.82, 2.24) is 14.1 Å². The summed E-state index contributed by atoms with van der Waals surface area (Å²) in [4.78, 5) is 46.0. The molecule has 3 aromatic rings. The van der Waals surface area contributed by atoms with E-state index in [1.807, 2.05) is 31.2 Å². The smallest absolute Gasteiger partial charge is 0.333 e. The van der Waals surface area contributed by atoms with Gasteiger partial charge in [0.2, 0.25) is 5.91 Å². The minimum atomic E-state index is -0.491. The molecule has 1 aliphatic heterocycles. The molecule has 4 rings (SSSR count). The predicted molar refractivity (Wildman–Crippen MR) is 133 cm³/mol. The quantitative estimate of drug-likeness (QED) is 0.572. The number of benzene rings is 1. The molecule has 0 atom stereocenters. The fourth-order valence-electron chi connectivity index (χ4n) is 4.14. The highest BCUT2D eigenvalue weighted by atomic mass is 32.1. The highest BCUT2D eigenvalue weighted by Gasteiger charge is 2.23. The van der Waals surface area contributed by atoms with E-state index in [1.165, 1.54) is 26.0 Å². The maximum Gasteiger partial charge on any atom is 0.333 e. The van der Waals surface area contributed by atoms with E-state index < -0.39 is 5.69 Å². The van der Waals surface area contributed by atoms with Gasteiger partial charge in [-0.3, -0.25) is 18.7 Å². The fraction of sp³-hybridized carbons (Fsp3) is 0.500. The van der Waals surface area contributed by atoms with Crippen LogP contribution in [-0.4, -0.2) is 33.1 Å². The molecule has 0 aliphatic carbocycles. The van der Waals surface area contributed by atoms with Gasteiger partial charge in [0.05, 0.1) is 0 Å². The monoisotopic (exact) mass is 469 g/mol. The normalized spacial score (nSPS) is 14.7. The summed E-state index contributed by atoms with van der Waals surface area (Å²) in [5.41, 5.74) is 1.34. The number of rotatable bonds is 7. The van der Waals surface area contributed by atoms with Crippen LogP contribution in [-0.2, 0) is 24.3 Å². The molecular weight excluding hydrogens is 438 g/mol. The van der Waals surface area contributed by atoms with Gasteiger partial charge >= 0.3 is 5.69 Å². The number of nitrogens with zero attached hydrogens (tertiary/aromatic N) is 4. The molecule has 33 heavy (non-hydrogen) atoms. The van der Waals surface area contributed by atoms with Gasteiger partial charge in [-0.1, -0.05) is 44.2 Å². The van der Waals surface area contributed by atoms with Gasteiger partial charge in [-0.05, 0) is 49.3 Å². The molecule has 1 fully saturated rings. The lowest BCUT2D eigenvalue weighted by Crippen LogP contribution is -2.41. The first kappa shape index (κ1) is 23.2. The third-order valence-corrected chi connectivity index (χ3v) is 7.30. The molecule has 8 nitrogen and oxygen atoms in total. The molecule has 0 saturated carbocycles. The first-order chi connectivity index (χ1) is 15.9. The topological polar surface area (TPSA) is 89.2 Å². The Bertz CT molecular complexity index is 1250. The molecular formula is C24H31N5O3S. The summed E-state index contributed by atoms with van der Waals surface area (Å²) in [6.45, 7) is 8.09. The number of piperidine rings is 1. The number of carbonyl (C=O) groups is 1. The van der Waals surface area contributed by atoms with Gasteiger partial charge in [0.1, 0.15) is 11.2 Å². The van der Waals surface area contributed by atoms with Crippen LogP contribution in [0.3, 0.4) is 0 Å². The second-order valence-corrected chi connectivity index (χ2v) is 9.72. The summed E-state index contributed by atoms with van der Waals surface area (Å²) in [6, 6.07) is 7.64. The number of amides is 1. The van der Waals surface area contributed by atoms with Crippen LogP contribution in [0.15, 0.2) is 33.9 Å². The van der Waals surface area contributed by atoms with Gasteiger partial charge in [0, 0.05) is 25.3 Å². The Hall–Kier alpha value is -2.94. The van der Waals surface area contributed by atoms with Crippen molar-refractivity contribution >= 4 is 38.4 Å². The standard InChI is InChI=1S/C24H31N5O3S/c1-4-12-28-22(31)20-21(26-23(33-20)27-13-10-16(3)11-14-27)29(24(28)32)15-19(30)25-18-8-6-17(5-2)7-9-18/h6-9,16H,4-5,10-15H2,1-3H3,(H,25,30). The fourth-order valence-corrected chi connectivity index (χ4v) is 5.21. The van der Waals surface area contributed by atoms with Crippen molar-refractivity contribution in [1.29, 1.82) is 0 Å². The molecule has 1 aromatic carbocycles. The zero-order valence-electron chi connectivity index (χ0n) is 19.5. The number of hydrogen-bond acceptors (Lipinski definition) is 6. The van der Waals surface area contributed by atoms with Crippen molar-refractivity contribution in [3.8, 4) is 0 Å².